The van der Waals surface area contributed by atoms with Crippen LogP contribution in [0, 0.1) is 0 Å². The van der Waals surface area contributed by atoms with Gasteiger partial charge >= 0.3 is 0 Å². The first-order valence-corrected chi connectivity index (χ1v) is 7.92. The smallest absolute Gasteiger partial charge is 0.144 e. The van der Waals surface area contributed by atoms with Crippen molar-refractivity contribution < 1.29 is 10.2 Å². The number of nitrogens with zero attached hydrogens (tertiary/aromatic N) is 2. The van der Waals surface area contributed by atoms with E-state index >= 15 is 0 Å². The van der Waals surface area contributed by atoms with Gasteiger partial charge < -0.3 is 14.8 Å². The number of phenolic OH excluding ortho intramolecular Hbond substituents is 2. The van der Waals surface area contributed by atoms with Crippen LogP contribution in [0.4, 0.5) is 0 Å². The second-order valence-electron chi connectivity index (χ2n) is 5.87. The summed E-state index contributed by atoms with van der Waals surface area (Å²) in [6, 6.07) is 14.6. The summed E-state index contributed by atoms with van der Waals surface area (Å²) >= 11 is 0. The van der Waals surface area contributed by atoms with E-state index in [-0.39, 0.29) is 11.5 Å². The summed E-state index contributed by atoms with van der Waals surface area (Å²) in [5, 5.41) is 20.4. The molecular formula is C19H18N2O2. The number of rotatable bonds is 2. The molecule has 0 unspecified atom stereocenters. The molecule has 3 aromatic rings. The lowest BCUT2D eigenvalue weighted by atomic mass is 10.0. The molecule has 1 aliphatic rings. The van der Waals surface area contributed by atoms with Crippen LogP contribution in [0.3, 0.4) is 0 Å². The predicted octanol–water partition coefficient (Wildman–Crippen LogP) is 3.96. The van der Waals surface area contributed by atoms with E-state index in [4.69, 9.17) is 4.98 Å². The maximum Gasteiger partial charge on any atom is 0.144 e. The zero-order valence-corrected chi connectivity index (χ0v) is 12.7. The molecule has 0 saturated heterocycles. The standard InChI is InChI=1S/C19H18N2O2/c22-16-10-3-1-7-13(16)18-15-9-5-6-12-21(15)19(20-18)14-8-2-4-11-17(14)23/h1-4,7-8,10-11,22-23H,5-6,9,12H2. The Balaban J connectivity index is 1.96. The third kappa shape index (κ3) is 2.27. The van der Waals surface area contributed by atoms with Crippen LogP contribution in [0.5, 0.6) is 11.5 Å². The lowest BCUT2D eigenvalue weighted by Gasteiger charge is -2.18. The second kappa shape index (κ2) is 5.47. The van der Waals surface area contributed by atoms with Crippen molar-refractivity contribution in [3.63, 3.8) is 0 Å². The molecule has 23 heavy (non-hydrogen) atoms. The summed E-state index contributed by atoms with van der Waals surface area (Å²) in [7, 11) is 0. The fraction of sp³-hybridized carbons (Fsp3) is 0.211. The minimum Gasteiger partial charge on any atom is -0.507 e. The Morgan fingerprint density at radius 2 is 1.48 bits per heavy atom. The zero-order valence-electron chi connectivity index (χ0n) is 12.7. The largest absolute Gasteiger partial charge is 0.507 e. The highest BCUT2D eigenvalue weighted by atomic mass is 16.3. The van der Waals surface area contributed by atoms with Crippen molar-refractivity contribution in [3.05, 3.63) is 54.2 Å². The molecule has 2 heterocycles. The maximum atomic E-state index is 10.2. The summed E-state index contributed by atoms with van der Waals surface area (Å²) in [5.41, 5.74) is 3.44. The molecule has 2 aromatic carbocycles. The Morgan fingerprint density at radius 1 is 0.826 bits per heavy atom. The van der Waals surface area contributed by atoms with Crippen molar-refractivity contribution in [1.82, 2.24) is 9.55 Å². The minimum absolute atomic E-state index is 0.231. The van der Waals surface area contributed by atoms with Crippen molar-refractivity contribution >= 4 is 0 Å². The zero-order chi connectivity index (χ0) is 15.8. The molecule has 0 aliphatic carbocycles. The van der Waals surface area contributed by atoms with Crippen LogP contribution in [0.1, 0.15) is 18.5 Å². The molecule has 4 nitrogen and oxygen atoms in total. The number of imidazole rings is 1. The first kappa shape index (κ1) is 13.9. The molecule has 0 fully saturated rings. The number of para-hydroxylation sites is 2. The van der Waals surface area contributed by atoms with Gasteiger partial charge in [-0.15, -0.1) is 0 Å². The molecule has 0 bridgehead atoms. The predicted molar refractivity (Wildman–Crippen MR) is 89.4 cm³/mol. The summed E-state index contributed by atoms with van der Waals surface area (Å²) in [6.07, 6.45) is 3.15. The Hall–Kier alpha value is -2.75. The summed E-state index contributed by atoms with van der Waals surface area (Å²) in [5.74, 6) is 1.24. The lowest BCUT2D eigenvalue weighted by molar-refractivity contribution is 0.474. The van der Waals surface area contributed by atoms with Crippen molar-refractivity contribution in [1.29, 1.82) is 0 Å². The van der Waals surface area contributed by atoms with E-state index < -0.39 is 0 Å². The van der Waals surface area contributed by atoms with Gasteiger partial charge in [-0.1, -0.05) is 24.3 Å². The fourth-order valence-electron chi connectivity index (χ4n) is 3.30. The Labute approximate surface area is 134 Å². The van der Waals surface area contributed by atoms with Crippen LogP contribution < -0.4 is 0 Å². The average molecular weight is 306 g/mol. The second-order valence-corrected chi connectivity index (χ2v) is 5.87. The first-order chi connectivity index (χ1) is 11.3. The first-order valence-electron chi connectivity index (χ1n) is 7.92. The molecule has 2 N–H and O–H groups in total. The number of hydrogen-bond acceptors (Lipinski definition) is 3. The fourth-order valence-corrected chi connectivity index (χ4v) is 3.30. The lowest BCUT2D eigenvalue weighted by Crippen LogP contribution is -2.11. The quantitative estimate of drug-likeness (QED) is 0.753. The van der Waals surface area contributed by atoms with E-state index in [1.807, 2.05) is 36.4 Å². The summed E-state index contributed by atoms with van der Waals surface area (Å²) in [4.78, 5) is 4.80. The number of aromatic nitrogens is 2. The molecule has 4 rings (SSSR count). The van der Waals surface area contributed by atoms with Gasteiger partial charge in [0, 0.05) is 17.8 Å². The summed E-state index contributed by atoms with van der Waals surface area (Å²) < 4.78 is 2.18. The molecule has 0 spiro atoms. The third-order valence-electron chi connectivity index (χ3n) is 4.42. The summed E-state index contributed by atoms with van der Waals surface area (Å²) in [6.45, 7) is 0.888. The van der Waals surface area contributed by atoms with Gasteiger partial charge in [-0.05, 0) is 43.5 Å². The molecular weight excluding hydrogens is 288 g/mol. The SMILES string of the molecule is Oc1ccccc1-c1nc(-c2ccccc2O)n2c1CCCC2. The van der Waals surface area contributed by atoms with Crippen LogP contribution in [0.2, 0.25) is 0 Å². The van der Waals surface area contributed by atoms with Crippen LogP contribution >= 0.6 is 0 Å². The number of phenols is 2. The number of benzene rings is 2. The topological polar surface area (TPSA) is 58.3 Å². The highest BCUT2D eigenvalue weighted by Crippen LogP contribution is 2.38. The molecule has 0 radical (unpaired) electrons. The van der Waals surface area contributed by atoms with E-state index in [2.05, 4.69) is 4.57 Å². The average Bonchev–Trinajstić information content (AvgIpc) is 2.95. The molecule has 4 heteroatoms. The van der Waals surface area contributed by atoms with E-state index in [0.29, 0.717) is 0 Å². The van der Waals surface area contributed by atoms with Crippen molar-refractivity contribution in [3.8, 4) is 34.1 Å². The monoisotopic (exact) mass is 306 g/mol. The number of hydrogen-bond donors (Lipinski definition) is 2. The molecule has 116 valence electrons. The van der Waals surface area contributed by atoms with Gasteiger partial charge in [0.05, 0.1) is 11.3 Å². The van der Waals surface area contributed by atoms with Crippen LogP contribution in [0.15, 0.2) is 48.5 Å². The molecule has 0 saturated carbocycles. The molecule has 0 amide bonds. The highest BCUT2D eigenvalue weighted by molar-refractivity contribution is 5.74. The number of aromatic hydroxyl groups is 2. The highest BCUT2D eigenvalue weighted by Gasteiger charge is 2.24. The number of fused-ring (bicyclic) bond motifs is 1. The van der Waals surface area contributed by atoms with Gasteiger partial charge in [-0.25, -0.2) is 4.98 Å². The van der Waals surface area contributed by atoms with E-state index in [1.165, 1.54) is 0 Å². The van der Waals surface area contributed by atoms with Crippen LogP contribution in [-0.2, 0) is 13.0 Å². The van der Waals surface area contributed by atoms with Crippen molar-refractivity contribution in [2.45, 2.75) is 25.8 Å². The maximum absolute atomic E-state index is 10.2. The van der Waals surface area contributed by atoms with E-state index in [9.17, 15) is 10.2 Å². The van der Waals surface area contributed by atoms with Crippen LogP contribution in [-0.4, -0.2) is 19.8 Å². The van der Waals surface area contributed by atoms with Gasteiger partial charge in [0.2, 0.25) is 0 Å². The van der Waals surface area contributed by atoms with Gasteiger partial charge in [-0.2, -0.15) is 0 Å². The Bertz CT molecular complexity index is 798. The van der Waals surface area contributed by atoms with E-state index in [0.717, 1.165) is 54.1 Å². The van der Waals surface area contributed by atoms with Crippen molar-refractivity contribution in [2.75, 3.05) is 0 Å². The van der Waals surface area contributed by atoms with Crippen molar-refractivity contribution in [2.24, 2.45) is 0 Å². The van der Waals surface area contributed by atoms with Gasteiger partial charge in [0.15, 0.2) is 0 Å². The normalized spacial score (nSPS) is 13.7. The van der Waals surface area contributed by atoms with Gasteiger partial charge in [0.1, 0.15) is 17.3 Å². The molecule has 1 aromatic heterocycles. The Morgan fingerprint density at radius 3 is 2.17 bits per heavy atom. The Kier molecular flexibility index (Phi) is 3.30. The molecule has 1 aliphatic heterocycles. The molecule has 0 atom stereocenters. The van der Waals surface area contributed by atoms with Gasteiger partial charge in [0.25, 0.3) is 0 Å². The van der Waals surface area contributed by atoms with E-state index in [1.54, 1.807) is 12.1 Å². The van der Waals surface area contributed by atoms with Crippen LogP contribution in [0.25, 0.3) is 22.6 Å². The van der Waals surface area contributed by atoms with Gasteiger partial charge in [-0.3, -0.25) is 0 Å². The minimum atomic E-state index is 0.231. The third-order valence-corrected chi connectivity index (χ3v) is 4.42.